The van der Waals surface area contributed by atoms with Gasteiger partial charge >= 0.3 is 0 Å². The van der Waals surface area contributed by atoms with Crippen LogP contribution in [0.5, 0.6) is 5.75 Å². The molecule has 0 unspecified atom stereocenters. The molecule has 2 aromatic rings. The first-order chi connectivity index (χ1) is 13.5. The lowest BCUT2D eigenvalue weighted by Gasteiger charge is -2.33. The lowest BCUT2D eigenvalue weighted by atomic mass is 10.2. The highest BCUT2D eigenvalue weighted by Gasteiger charge is 2.23. The maximum Gasteiger partial charge on any atom is 0.279 e. The number of piperazine rings is 1. The Morgan fingerprint density at radius 1 is 1.25 bits per heavy atom. The number of nitrogens with one attached hydrogen (secondary N) is 2. The van der Waals surface area contributed by atoms with E-state index >= 15 is 0 Å². The Labute approximate surface area is 167 Å². The maximum atomic E-state index is 12.3. The van der Waals surface area contributed by atoms with Gasteiger partial charge in [-0.15, -0.1) is 0 Å². The van der Waals surface area contributed by atoms with Gasteiger partial charge in [-0.25, -0.2) is 0 Å². The van der Waals surface area contributed by atoms with Crippen LogP contribution in [0.1, 0.15) is 0 Å². The number of quaternary nitrogens is 1. The third kappa shape index (κ3) is 4.90. The Morgan fingerprint density at radius 3 is 2.50 bits per heavy atom. The summed E-state index contributed by atoms with van der Waals surface area (Å²) in [5.74, 6) is 0.665. The number of amides is 1. The largest absolute Gasteiger partial charge is 0.497 e. The highest BCUT2D eigenvalue weighted by atomic mass is 35.5. The fourth-order valence-electron chi connectivity index (χ4n) is 3.19. The lowest BCUT2D eigenvalue weighted by Crippen LogP contribution is -3.15. The minimum absolute atomic E-state index is 0.108. The Kier molecular flexibility index (Phi) is 6.33. The van der Waals surface area contributed by atoms with Crippen molar-refractivity contribution in [3.63, 3.8) is 0 Å². The van der Waals surface area contributed by atoms with E-state index in [2.05, 4.69) is 10.2 Å². The van der Waals surface area contributed by atoms with Crippen molar-refractivity contribution in [3.8, 4) is 5.75 Å². The van der Waals surface area contributed by atoms with Crippen LogP contribution in [-0.4, -0.2) is 50.7 Å². The third-order valence-corrected chi connectivity index (χ3v) is 5.07. The molecule has 28 heavy (non-hydrogen) atoms. The number of hydrogen-bond acceptors (Lipinski definition) is 5. The molecule has 0 spiro atoms. The van der Waals surface area contributed by atoms with Gasteiger partial charge in [0.15, 0.2) is 6.54 Å². The van der Waals surface area contributed by atoms with E-state index in [0.29, 0.717) is 12.2 Å². The topological polar surface area (TPSA) is 89.2 Å². The molecule has 0 radical (unpaired) electrons. The van der Waals surface area contributed by atoms with E-state index in [-0.39, 0.29) is 16.6 Å². The van der Waals surface area contributed by atoms with Crippen molar-refractivity contribution in [2.75, 3.05) is 50.1 Å². The number of ether oxygens (including phenoxy) is 1. The molecule has 0 bridgehead atoms. The number of carbonyl (C=O) groups excluding carboxylic acids is 1. The fraction of sp³-hybridized carbons (Fsp3) is 0.316. The predicted molar refractivity (Wildman–Crippen MR) is 108 cm³/mol. The molecule has 2 aromatic carbocycles. The minimum atomic E-state index is -0.524. The molecule has 1 fully saturated rings. The molecule has 9 heteroatoms. The SMILES string of the molecule is COc1ccc(N2CC[NH+](CC(=O)Nc3ccc([N+](=O)[O-])cc3Cl)CC2)cc1. The minimum Gasteiger partial charge on any atom is -0.497 e. The van der Waals surface area contributed by atoms with Crippen molar-refractivity contribution in [3.05, 3.63) is 57.6 Å². The average Bonchev–Trinajstić information content (AvgIpc) is 2.70. The van der Waals surface area contributed by atoms with Crippen LogP contribution in [0.15, 0.2) is 42.5 Å². The quantitative estimate of drug-likeness (QED) is 0.563. The van der Waals surface area contributed by atoms with Gasteiger partial charge < -0.3 is 19.9 Å². The summed E-state index contributed by atoms with van der Waals surface area (Å²) in [6.45, 7) is 3.71. The lowest BCUT2D eigenvalue weighted by molar-refractivity contribution is -0.892. The van der Waals surface area contributed by atoms with Gasteiger partial charge in [0.05, 0.1) is 48.9 Å². The Bertz CT molecular complexity index is 852. The first kappa shape index (κ1) is 19.9. The molecule has 1 heterocycles. The molecule has 3 rings (SSSR count). The highest BCUT2D eigenvalue weighted by molar-refractivity contribution is 6.33. The van der Waals surface area contributed by atoms with Crippen molar-refractivity contribution in [1.29, 1.82) is 0 Å². The smallest absolute Gasteiger partial charge is 0.279 e. The second-order valence-electron chi connectivity index (χ2n) is 6.58. The highest BCUT2D eigenvalue weighted by Crippen LogP contribution is 2.26. The summed E-state index contributed by atoms with van der Waals surface area (Å²) in [6, 6.07) is 12.0. The summed E-state index contributed by atoms with van der Waals surface area (Å²) >= 11 is 6.03. The summed E-state index contributed by atoms with van der Waals surface area (Å²) < 4.78 is 5.18. The molecular weight excluding hydrogens is 384 g/mol. The van der Waals surface area contributed by atoms with E-state index in [0.717, 1.165) is 37.6 Å². The van der Waals surface area contributed by atoms with E-state index in [1.807, 2.05) is 24.3 Å². The van der Waals surface area contributed by atoms with Crippen molar-refractivity contribution in [2.45, 2.75) is 0 Å². The van der Waals surface area contributed by atoms with E-state index in [1.165, 1.54) is 23.1 Å². The summed E-state index contributed by atoms with van der Waals surface area (Å²) in [6.07, 6.45) is 0. The fourth-order valence-corrected chi connectivity index (χ4v) is 3.41. The number of rotatable bonds is 6. The van der Waals surface area contributed by atoms with Gasteiger partial charge in [-0.05, 0) is 30.3 Å². The first-order valence-electron chi connectivity index (χ1n) is 8.92. The number of halogens is 1. The summed E-state index contributed by atoms with van der Waals surface area (Å²) in [5.41, 5.74) is 1.42. The van der Waals surface area contributed by atoms with Crippen molar-refractivity contribution in [2.24, 2.45) is 0 Å². The molecule has 0 atom stereocenters. The summed E-state index contributed by atoms with van der Waals surface area (Å²) in [5, 5.41) is 13.6. The zero-order valence-corrected chi connectivity index (χ0v) is 16.2. The molecule has 1 saturated heterocycles. The van der Waals surface area contributed by atoms with Gasteiger partial charge in [0.2, 0.25) is 0 Å². The average molecular weight is 406 g/mol. The summed E-state index contributed by atoms with van der Waals surface area (Å²) in [7, 11) is 1.64. The second kappa shape index (κ2) is 8.90. The molecule has 8 nitrogen and oxygen atoms in total. The van der Waals surface area contributed by atoms with Crippen LogP contribution in [0.2, 0.25) is 5.02 Å². The molecule has 2 N–H and O–H groups in total. The van der Waals surface area contributed by atoms with Crippen LogP contribution in [-0.2, 0) is 4.79 Å². The number of nitro groups is 1. The van der Waals surface area contributed by atoms with Gasteiger partial charge in [0.1, 0.15) is 5.75 Å². The van der Waals surface area contributed by atoms with Crippen LogP contribution in [0.3, 0.4) is 0 Å². The number of benzene rings is 2. The summed E-state index contributed by atoms with van der Waals surface area (Å²) in [4.78, 5) is 26.0. The van der Waals surface area contributed by atoms with Crippen molar-refractivity contribution in [1.82, 2.24) is 0 Å². The molecule has 1 aliphatic heterocycles. The number of nitro benzene ring substituents is 1. The van der Waals surface area contributed by atoms with Crippen molar-refractivity contribution >= 4 is 34.6 Å². The second-order valence-corrected chi connectivity index (χ2v) is 6.99. The van der Waals surface area contributed by atoms with Crippen LogP contribution < -0.4 is 19.9 Å². The van der Waals surface area contributed by atoms with Gasteiger partial charge in [0.25, 0.3) is 11.6 Å². The maximum absolute atomic E-state index is 12.3. The number of hydrogen-bond donors (Lipinski definition) is 2. The van der Waals surface area contributed by atoms with Gasteiger partial charge in [-0.3, -0.25) is 14.9 Å². The van der Waals surface area contributed by atoms with E-state index in [1.54, 1.807) is 7.11 Å². The van der Waals surface area contributed by atoms with E-state index < -0.39 is 4.92 Å². The molecule has 0 aromatic heterocycles. The van der Waals surface area contributed by atoms with Gasteiger partial charge in [-0.1, -0.05) is 11.6 Å². The molecular formula is C19H22ClN4O4+. The number of non-ortho nitro benzene ring substituents is 1. The molecule has 0 aliphatic carbocycles. The number of carbonyl (C=O) groups is 1. The molecule has 1 amide bonds. The Hall–Kier alpha value is -2.84. The van der Waals surface area contributed by atoms with Crippen LogP contribution in [0.25, 0.3) is 0 Å². The zero-order valence-electron chi connectivity index (χ0n) is 15.5. The zero-order chi connectivity index (χ0) is 20.1. The van der Waals surface area contributed by atoms with Gasteiger partial charge in [-0.2, -0.15) is 0 Å². The first-order valence-corrected chi connectivity index (χ1v) is 9.30. The van der Waals surface area contributed by atoms with Gasteiger partial charge in [0, 0.05) is 17.8 Å². The van der Waals surface area contributed by atoms with Crippen LogP contribution in [0.4, 0.5) is 17.1 Å². The number of anilines is 2. The predicted octanol–water partition coefficient (Wildman–Crippen LogP) is 1.60. The van der Waals surface area contributed by atoms with Crippen molar-refractivity contribution < 1.29 is 19.4 Å². The molecule has 148 valence electrons. The normalized spacial score (nSPS) is 14.6. The van der Waals surface area contributed by atoms with E-state index in [9.17, 15) is 14.9 Å². The monoisotopic (exact) mass is 405 g/mol. The number of methoxy groups -OCH3 is 1. The molecule has 1 aliphatic rings. The Morgan fingerprint density at radius 2 is 1.93 bits per heavy atom. The van der Waals surface area contributed by atoms with Crippen LogP contribution in [0, 0.1) is 10.1 Å². The standard InChI is InChI=1S/C19H21ClN4O4/c1-28-16-5-2-14(3-6-16)23-10-8-22(9-11-23)13-19(25)21-18-7-4-15(24(26)27)12-17(18)20/h2-7,12H,8-11,13H2,1H3,(H,21,25)/p+1. The Balaban J connectivity index is 1.50. The van der Waals surface area contributed by atoms with Crippen LogP contribution >= 0.6 is 11.6 Å². The number of nitrogens with zero attached hydrogens (tertiary/aromatic N) is 2. The molecule has 0 saturated carbocycles. The third-order valence-electron chi connectivity index (χ3n) is 4.76. The van der Waals surface area contributed by atoms with E-state index in [4.69, 9.17) is 16.3 Å².